The molecule has 6 heteroatoms. The molecule has 1 atom stereocenters. The summed E-state index contributed by atoms with van der Waals surface area (Å²) in [5.41, 5.74) is 6.76. The zero-order valence-corrected chi connectivity index (χ0v) is 12.8. The van der Waals surface area contributed by atoms with Gasteiger partial charge in [-0.1, -0.05) is 18.2 Å². The molecule has 1 aliphatic heterocycles. The smallest absolute Gasteiger partial charge is 0.234 e. The van der Waals surface area contributed by atoms with E-state index < -0.39 is 0 Å². The fourth-order valence-corrected chi connectivity index (χ4v) is 2.80. The van der Waals surface area contributed by atoms with Gasteiger partial charge in [-0.3, -0.25) is 19.9 Å². The molecule has 1 aromatic rings. The predicted molar refractivity (Wildman–Crippen MR) is 86.2 cm³/mol. The topological polar surface area (TPSA) is 99.3 Å². The number of carbonyl (C=O) groups excluding carboxylic acids is 2. The first-order valence-corrected chi connectivity index (χ1v) is 7.47. The average molecular weight is 302 g/mol. The fraction of sp³-hybridized carbons (Fsp3) is 0.438. The summed E-state index contributed by atoms with van der Waals surface area (Å²) in [6.07, 6.45) is 1.81. The number of amides is 1. The van der Waals surface area contributed by atoms with Crippen molar-refractivity contribution in [2.75, 3.05) is 25.0 Å². The molecule has 2 rings (SSSR count). The zero-order valence-electron chi connectivity index (χ0n) is 12.8. The number of benzene rings is 1. The molecule has 1 aliphatic rings. The Hall–Kier alpha value is -2.21. The second kappa shape index (κ2) is 7.17. The van der Waals surface area contributed by atoms with Crippen molar-refractivity contribution in [3.05, 3.63) is 29.8 Å². The van der Waals surface area contributed by atoms with Gasteiger partial charge in [-0.15, -0.1) is 0 Å². The average Bonchev–Trinajstić information content (AvgIpc) is 2.95. The van der Waals surface area contributed by atoms with Crippen LogP contribution in [-0.2, 0) is 9.59 Å². The number of anilines is 1. The second-order valence-corrected chi connectivity index (χ2v) is 5.50. The lowest BCUT2D eigenvalue weighted by Crippen LogP contribution is -2.42. The molecule has 0 bridgehead atoms. The molecule has 1 heterocycles. The molecule has 1 saturated heterocycles. The SMILES string of the molecule is CC(=O)C(=N)c1ccccc1NCCN1CCCC1C(N)=O. The van der Waals surface area contributed by atoms with E-state index >= 15 is 0 Å². The largest absolute Gasteiger partial charge is 0.383 e. The van der Waals surface area contributed by atoms with Crippen molar-refractivity contribution in [1.82, 2.24) is 4.90 Å². The van der Waals surface area contributed by atoms with E-state index in [0.717, 1.165) is 25.1 Å². The van der Waals surface area contributed by atoms with Crippen LogP contribution in [0.4, 0.5) is 5.69 Å². The lowest BCUT2D eigenvalue weighted by Gasteiger charge is -2.22. The van der Waals surface area contributed by atoms with Gasteiger partial charge in [0.1, 0.15) is 5.71 Å². The summed E-state index contributed by atoms with van der Waals surface area (Å²) in [5.74, 6) is -0.529. The minimum Gasteiger partial charge on any atom is -0.383 e. The third-order valence-corrected chi connectivity index (χ3v) is 3.96. The van der Waals surface area contributed by atoms with Crippen LogP contribution in [0.15, 0.2) is 24.3 Å². The number of nitrogens with one attached hydrogen (secondary N) is 2. The first-order chi connectivity index (χ1) is 10.5. The molecule has 1 unspecified atom stereocenters. The van der Waals surface area contributed by atoms with E-state index in [2.05, 4.69) is 10.2 Å². The van der Waals surface area contributed by atoms with Gasteiger partial charge in [0.05, 0.1) is 6.04 Å². The molecule has 0 radical (unpaired) electrons. The van der Waals surface area contributed by atoms with Crippen LogP contribution < -0.4 is 11.1 Å². The van der Waals surface area contributed by atoms with Crippen molar-refractivity contribution in [3.63, 3.8) is 0 Å². The monoisotopic (exact) mass is 302 g/mol. The highest BCUT2D eigenvalue weighted by Gasteiger charge is 2.28. The Kier molecular flexibility index (Phi) is 5.27. The molecule has 1 aromatic carbocycles. The summed E-state index contributed by atoms with van der Waals surface area (Å²) in [6, 6.07) is 7.10. The minimum atomic E-state index is -0.267. The number of hydrogen-bond donors (Lipinski definition) is 3. The van der Waals surface area contributed by atoms with Crippen LogP contribution in [0.2, 0.25) is 0 Å². The lowest BCUT2D eigenvalue weighted by atomic mass is 10.1. The number of nitrogens with two attached hydrogens (primary N) is 1. The Bertz CT molecular complexity index is 585. The van der Waals surface area contributed by atoms with Crippen LogP contribution in [-0.4, -0.2) is 48.0 Å². The van der Waals surface area contributed by atoms with Gasteiger partial charge in [0.25, 0.3) is 0 Å². The summed E-state index contributed by atoms with van der Waals surface area (Å²) in [6.45, 7) is 3.60. The van der Waals surface area contributed by atoms with E-state index in [1.165, 1.54) is 6.92 Å². The number of hydrogen-bond acceptors (Lipinski definition) is 5. The molecule has 118 valence electrons. The van der Waals surface area contributed by atoms with Crippen LogP contribution >= 0.6 is 0 Å². The van der Waals surface area contributed by atoms with Crippen molar-refractivity contribution >= 4 is 23.1 Å². The number of Topliss-reactive ketones (excluding diaryl/α,β-unsaturated/α-hetero) is 1. The van der Waals surface area contributed by atoms with E-state index in [0.29, 0.717) is 18.7 Å². The summed E-state index contributed by atoms with van der Waals surface area (Å²) >= 11 is 0. The van der Waals surface area contributed by atoms with Crippen molar-refractivity contribution in [2.24, 2.45) is 5.73 Å². The van der Waals surface area contributed by atoms with E-state index in [9.17, 15) is 9.59 Å². The minimum absolute atomic E-state index is 0.000662. The maximum Gasteiger partial charge on any atom is 0.234 e. The van der Waals surface area contributed by atoms with Gasteiger partial charge in [-0.2, -0.15) is 0 Å². The Labute approximate surface area is 130 Å². The highest BCUT2D eigenvalue weighted by atomic mass is 16.1. The van der Waals surface area contributed by atoms with Crippen LogP contribution in [0.3, 0.4) is 0 Å². The number of rotatable bonds is 7. The summed E-state index contributed by atoms with van der Waals surface area (Å²) in [5, 5.41) is 11.1. The standard InChI is InChI=1S/C16H22N4O2/c1-11(21)15(17)12-5-2-3-6-13(12)19-8-10-20-9-4-7-14(20)16(18)22/h2-3,5-6,14,17,19H,4,7-10H2,1H3,(H2,18,22). The Morgan fingerprint density at radius 1 is 1.41 bits per heavy atom. The third-order valence-electron chi connectivity index (χ3n) is 3.96. The molecule has 22 heavy (non-hydrogen) atoms. The van der Waals surface area contributed by atoms with Crippen molar-refractivity contribution in [2.45, 2.75) is 25.8 Å². The fourth-order valence-electron chi connectivity index (χ4n) is 2.80. The van der Waals surface area contributed by atoms with Gasteiger partial charge in [-0.25, -0.2) is 0 Å². The quantitative estimate of drug-likeness (QED) is 0.654. The maximum absolute atomic E-state index is 11.4. The first-order valence-electron chi connectivity index (χ1n) is 7.47. The molecule has 6 nitrogen and oxygen atoms in total. The van der Waals surface area contributed by atoms with Crippen molar-refractivity contribution in [1.29, 1.82) is 5.41 Å². The van der Waals surface area contributed by atoms with Gasteiger partial charge in [0.2, 0.25) is 5.91 Å². The molecule has 4 N–H and O–H groups in total. The molecule has 0 aromatic heterocycles. The molecular weight excluding hydrogens is 280 g/mol. The van der Waals surface area contributed by atoms with Crippen molar-refractivity contribution in [3.8, 4) is 0 Å². The highest BCUT2D eigenvalue weighted by Crippen LogP contribution is 2.18. The Morgan fingerprint density at radius 2 is 2.14 bits per heavy atom. The Morgan fingerprint density at radius 3 is 2.82 bits per heavy atom. The zero-order chi connectivity index (χ0) is 16.1. The summed E-state index contributed by atoms with van der Waals surface area (Å²) < 4.78 is 0. The number of ketones is 1. The van der Waals surface area contributed by atoms with Crippen LogP contribution in [0.25, 0.3) is 0 Å². The summed E-state index contributed by atoms with van der Waals surface area (Å²) in [4.78, 5) is 24.8. The maximum atomic E-state index is 11.4. The number of likely N-dealkylation sites (tertiary alicyclic amines) is 1. The summed E-state index contributed by atoms with van der Waals surface area (Å²) in [7, 11) is 0. The second-order valence-electron chi connectivity index (χ2n) is 5.50. The molecule has 1 amide bonds. The number of primary amides is 1. The van der Waals surface area contributed by atoms with Crippen LogP contribution in [0, 0.1) is 5.41 Å². The van der Waals surface area contributed by atoms with Crippen molar-refractivity contribution < 1.29 is 9.59 Å². The van der Waals surface area contributed by atoms with Gasteiger partial charge >= 0.3 is 0 Å². The third kappa shape index (κ3) is 3.71. The molecular formula is C16H22N4O2. The van der Waals surface area contributed by atoms with E-state index in [-0.39, 0.29) is 23.4 Å². The number of nitrogens with zero attached hydrogens (tertiary/aromatic N) is 1. The van der Waals surface area contributed by atoms with Gasteiger partial charge in [-0.05, 0) is 25.5 Å². The molecule has 0 spiro atoms. The van der Waals surface area contributed by atoms with Gasteiger partial charge in [0, 0.05) is 31.3 Å². The molecule has 0 saturated carbocycles. The first kappa shape index (κ1) is 16.2. The highest BCUT2D eigenvalue weighted by molar-refractivity contribution is 6.45. The van der Waals surface area contributed by atoms with E-state index in [1.807, 2.05) is 18.2 Å². The van der Waals surface area contributed by atoms with E-state index in [4.69, 9.17) is 11.1 Å². The van der Waals surface area contributed by atoms with Gasteiger partial charge < -0.3 is 11.1 Å². The number of para-hydroxylation sites is 1. The van der Waals surface area contributed by atoms with Crippen LogP contribution in [0.1, 0.15) is 25.3 Å². The van der Waals surface area contributed by atoms with Crippen LogP contribution in [0.5, 0.6) is 0 Å². The Balaban J connectivity index is 1.96. The normalized spacial score (nSPS) is 18.1. The molecule has 0 aliphatic carbocycles. The predicted octanol–water partition coefficient (Wildman–Crippen LogP) is 1.01. The van der Waals surface area contributed by atoms with E-state index in [1.54, 1.807) is 6.07 Å². The van der Waals surface area contributed by atoms with Gasteiger partial charge in [0.15, 0.2) is 5.78 Å². The number of carbonyl (C=O) groups is 2. The molecule has 1 fully saturated rings. The lowest BCUT2D eigenvalue weighted by molar-refractivity contribution is -0.122.